The first-order chi connectivity index (χ1) is 28.3. The summed E-state index contributed by atoms with van der Waals surface area (Å²) in [4.78, 5) is 84.6. The Morgan fingerprint density at radius 3 is 2.14 bits per heavy atom. The zero-order valence-electron chi connectivity index (χ0n) is 32.3. The van der Waals surface area contributed by atoms with Crippen LogP contribution in [0.3, 0.4) is 0 Å². The number of nitro groups is 2. The third kappa shape index (κ3) is 6.00. The highest BCUT2D eigenvalue weighted by Crippen LogP contribution is 2.65. The minimum absolute atomic E-state index is 0.0264. The average Bonchev–Trinajstić information content (AvgIpc) is 3.61. The fourth-order valence-electron chi connectivity index (χ4n) is 9.81. The lowest BCUT2D eigenvalue weighted by atomic mass is 9.49. The number of nitro benzene ring substituents is 2. The summed E-state index contributed by atoms with van der Waals surface area (Å²) in [7, 11) is 2.83. The monoisotopic (exact) mass is 800 g/mol. The van der Waals surface area contributed by atoms with Gasteiger partial charge in [-0.1, -0.05) is 77.9 Å². The van der Waals surface area contributed by atoms with Crippen molar-refractivity contribution >= 4 is 52.1 Å². The summed E-state index contributed by atoms with van der Waals surface area (Å²) in [5.74, 6) is -6.98. The van der Waals surface area contributed by atoms with Gasteiger partial charge >= 0.3 is 11.4 Å². The Hall–Kier alpha value is -6.94. The van der Waals surface area contributed by atoms with E-state index in [0.29, 0.717) is 28.1 Å². The summed E-state index contributed by atoms with van der Waals surface area (Å²) >= 11 is 0. The molecule has 59 heavy (non-hydrogen) atoms. The molecular formula is C43H40N6O10. The Kier molecular flexibility index (Phi) is 9.74. The summed E-state index contributed by atoms with van der Waals surface area (Å²) in [6, 6.07) is 25.2. The van der Waals surface area contributed by atoms with Crippen molar-refractivity contribution in [1.82, 2.24) is 5.01 Å². The minimum Gasteiger partial charge on any atom is -0.491 e. The number of amides is 4. The molecule has 0 spiro atoms. The molecule has 4 amide bonds. The molecule has 4 aliphatic rings. The highest BCUT2D eigenvalue weighted by Gasteiger charge is 2.70. The summed E-state index contributed by atoms with van der Waals surface area (Å²) in [6.07, 6.45) is 1.86. The average molecular weight is 801 g/mol. The van der Waals surface area contributed by atoms with E-state index in [1.807, 2.05) is 25.1 Å². The lowest BCUT2D eigenvalue weighted by molar-refractivity contribution is -0.392. The van der Waals surface area contributed by atoms with Crippen LogP contribution in [0.2, 0.25) is 0 Å². The lowest BCUT2D eigenvalue weighted by Gasteiger charge is -2.50. The number of fused-ring (bicyclic) bond motifs is 4. The van der Waals surface area contributed by atoms with E-state index in [2.05, 4.69) is 5.43 Å². The molecule has 4 aromatic carbocycles. The Morgan fingerprint density at radius 2 is 1.51 bits per heavy atom. The normalized spacial score (nSPS) is 24.6. The van der Waals surface area contributed by atoms with Gasteiger partial charge in [0.15, 0.2) is 5.69 Å². The minimum atomic E-state index is -1.58. The maximum atomic E-state index is 15.4. The number of aliphatic hydroxyl groups excluding tert-OH is 1. The molecule has 2 aliphatic heterocycles. The topological polar surface area (TPSA) is 206 Å². The molecule has 302 valence electrons. The van der Waals surface area contributed by atoms with Gasteiger partial charge in [-0.25, -0.2) is 4.90 Å². The zero-order chi connectivity index (χ0) is 41.9. The van der Waals surface area contributed by atoms with E-state index in [-0.39, 0.29) is 37.4 Å². The van der Waals surface area contributed by atoms with Crippen LogP contribution in [0.4, 0.5) is 28.4 Å². The highest BCUT2D eigenvalue weighted by atomic mass is 16.6. The number of para-hydroxylation sites is 1. The standard InChI is InChI=1S/C43H40N6O10/c1-24-13-15-26(16-14-24)44-47-40(52)32-23-31-28(37(29-11-7-8-12-35(29)59-20-19-50)43(32,42(47)54)25-9-5-4-6-10-25)17-18-30-36(31)41(53)46(39(30)51)27-21-33(48(55)56)38(45(2)3)34(22-27)49(57)58/h4-17,21-22,30-32,36-37,44,50H,18-20,23H2,1-3H3/t30-,31+,32-,36-,37+,43+/m0/s1. The van der Waals surface area contributed by atoms with Crippen molar-refractivity contribution in [2.75, 3.05) is 42.5 Å². The van der Waals surface area contributed by atoms with Crippen LogP contribution in [0.5, 0.6) is 5.75 Å². The van der Waals surface area contributed by atoms with Gasteiger partial charge in [0.1, 0.15) is 12.4 Å². The van der Waals surface area contributed by atoms with Gasteiger partial charge in [-0.3, -0.25) is 44.8 Å². The number of hydrogen-bond acceptors (Lipinski definition) is 12. The second-order valence-corrected chi connectivity index (χ2v) is 15.5. The van der Waals surface area contributed by atoms with Crippen molar-refractivity contribution < 1.29 is 38.9 Å². The van der Waals surface area contributed by atoms with Gasteiger partial charge in [0.05, 0.1) is 51.0 Å². The first-order valence-electron chi connectivity index (χ1n) is 19.1. The van der Waals surface area contributed by atoms with E-state index >= 15 is 4.79 Å². The summed E-state index contributed by atoms with van der Waals surface area (Å²) in [5.41, 5.74) is 2.73. The summed E-state index contributed by atoms with van der Waals surface area (Å²) in [6.45, 7) is 1.54. The highest BCUT2D eigenvalue weighted by molar-refractivity contribution is 6.23. The number of carbonyl (C=O) groups excluding carboxylic acids is 4. The largest absolute Gasteiger partial charge is 0.491 e. The van der Waals surface area contributed by atoms with E-state index in [9.17, 15) is 39.7 Å². The number of nitrogens with one attached hydrogen (secondary N) is 1. The number of hydrazine groups is 1. The summed E-state index contributed by atoms with van der Waals surface area (Å²) < 4.78 is 6.09. The second-order valence-electron chi connectivity index (χ2n) is 15.5. The van der Waals surface area contributed by atoms with Crippen molar-refractivity contribution in [1.29, 1.82) is 0 Å². The number of carbonyl (C=O) groups is 4. The van der Waals surface area contributed by atoms with Crippen molar-refractivity contribution in [2.45, 2.75) is 31.1 Å². The van der Waals surface area contributed by atoms with Gasteiger partial charge in [-0.15, -0.1) is 0 Å². The van der Waals surface area contributed by atoms with Crippen molar-refractivity contribution in [3.05, 3.63) is 140 Å². The Bertz CT molecular complexity index is 2420. The Labute approximate surface area is 337 Å². The van der Waals surface area contributed by atoms with Gasteiger partial charge in [-0.2, -0.15) is 5.01 Å². The van der Waals surface area contributed by atoms with Crippen molar-refractivity contribution in [3.8, 4) is 5.75 Å². The molecule has 16 nitrogen and oxygen atoms in total. The van der Waals surface area contributed by atoms with E-state index < -0.39 is 79.9 Å². The number of benzene rings is 4. The molecule has 16 heteroatoms. The fourth-order valence-corrected chi connectivity index (χ4v) is 9.81. The fraction of sp³-hybridized carbons (Fsp3) is 0.302. The molecule has 8 rings (SSSR count). The first-order valence-corrected chi connectivity index (χ1v) is 19.1. The van der Waals surface area contributed by atoms with Gasteiger partial charge in [0.25, 0.3) is 11.8 Å². The number of allylic oxidation sites excluding steroid dienone is 2. The van der Waals surface area contributed by atoms with Gasteiger partial charge in [-0.05, 0) is 49.4 Å². The van der Waals surface area contributed by atoms with Crippen LogP contribution in [0.15, 0.2) is 103 Å². The number of aryl methyl sites for hydroxylation is 1. The predicted molar refractivity (Wildman–Crippen MR) is 214 cm³/mol. The molecule has 0 aromatic heterocycles. The molecule has 1 saturated carbocycles. The van der Waals surface area contributed by atoms with E-state index in [0.717, 1.165) is 27.6 Å². The molecule has 2 N–H and O–H groups in total. The second kappa shape index (κ2) is 14.8. The Balaban J connectivity index is 1.31. The van der Waals surface area contributed by atoms with Crippen LogP contribution in [-0.4, -0.2) is 70.9 Å². The molecule has 4 aromatic rings. The molecule has 2 saturated heterocycles. The zero-order valence-corrected chi connectivity index (χ0v) is 32.3. The van der Waals surface area contributed by atoms with E-state index in [4.69, 9.17) is 4.74 Å². The number of nitrogens with zero attached hydrogens (tertiary/aromatic N) is 5. The number of ether oxygens (including phenoxy) is 1. The number of imide groups is 2. The molecule has 0 unspecified atom stereocenters. The smallest absolute Gasteiger partial charge is 0.301 e. The Morgan fingerprint density at radius 1 is 0.864 bits per heavy atom. The van der Waals surface area contributed by atoms with E-state index in [1.165, 1.54) is 19.0 Å². The van der Waals surface area contributed by atoms with Gasteiger partial charge < -0.3 is 14.7 Å². The van der Waals surface area contributed by atoms with Gasteiger partial charge in [0.2, 0.25) is 11.8 Å². The van der Waals surface area contributed by atoms with E-state index in [1.54, 1.807) is 66.7 Å². The number of hydrogen-bond donors (Lipinski definition) is 2. The van der Waals surface area contributed by atoms with Crippen molar-refractivity contribution in [2.24, 2.45) is 23.7 Å². The molecular weight excluding hydrogens is 761 g/mol. The number of aliphatic hydroxyl groups is 1. The van der Waals surface area contributed by atoms with Crippen LogP contribution in [0, 0.1) is 50.8 Å². The van der Waals surface area contributed by atoms with Crippen molar-refractivity contribution in [3.63, 3.8) is 0 Å². The third-order valence-corrected chi connectivity index (χ3v) is 12.1. The number of anilines is 3. The van der Waals surface area contributed by atoms with Gasteiger partial charge in [0, 0.05) is 37.7 Å². The van der Waals surface area contributed by atoms with Crippen LogP contribution < -0.4 is 20.0 Å². The quantitative estimate of drug-likeness (QED) is 0.0843. The van der Waals surface area contributed by atoms with Crippen LogP contribution >= 0.6 is 0 Å². The first kappa shape index (κ1) is 38.9. The summed E-state index contributed by atoms with van der Waals surface area (Å²) in [5, 5.41) is 35.4. The maximum absolute atomic E-state index is 15.4. The molecule has 2 aliphatic carbocycles. The number of rotatable bonds is 11. The lowest BCUT2D eigenvalue weighted by Crippen LogP contribution is -2.53. The predicted octanol–water partition coefficient (Wildman–Crippen LogP) is 5.44. The third-order valence-electron chi connectivity index (χ3n) is 12.1. The molecule has 0 bridgehead atoms. The molecule has 2 heterocycles. The molecule has 3 fully saturated rings. The van der Waals surface area contributed by atoms with Crippen LogP contribution in [-0.2, 0) is 24.6 Å². The van der Waals surface area contributed by atoms with Crippen LogP contribution in [0.1, 0.15) is 35.4 Å². The van der Waals surface area contributed by atoms with Crippen LogP contribution in [0.25, 0.3) is 0 Å². The molecule has 6 atom stereocenters. The maximum Gasteiger partial charge on any atom is 0.301 e. The molecule has 0 radical (unpaired) electrons. The SMILES string of the molecule is Cc1ccc(NN2C(=O)[C@@H]3C[C@@H]4C(=CC[C@@H]5C(=O)N(c6cc([N+](=O)[O-])c(N(C)C)c([N+](=O)[O-])c6)C(=O)[C@@H]54)[C@H](c4ccccc4OCCO)[C@]3(c3ccccc3)C2=O)cc1.